The predicted octanol–water partition coefficient (Wildman–Crippen LogP) is 2.77. The Morgan fingerprint density at radius 3 is 2.29 bits per heavy atom. The maximum Gasteiger partial charge on any atom is 0.373 e. The molecule has 0 radical (unpaired) electrons. The normalized spacial score (nSPS) is 19.4. The van der Waals surface area contributed by atoms with Gasteiger partial charge in [0.1, 0.15) is 0 Å². The van der Waals surface area contributed by atoms with Crippen LogP contribution in [0.3, 0.4) is 0 Å². The Morgan fingerprint density at radius 1 is 1.21 bits per heavy atom. The van der Waals surface area contributed by atoms with Crippen molar-refractivity contribution in [2.24, 2.45) is 5.92 Å². The van der Waals surface area contributed by atoms with Crippen LogP contribution < -0.4 is 0 Å². The fourth-order valence-corrected chi connectivity index (χ4v) is 1.79. The van der Waals surface area contributed by atoms with Crippen molar-refractivity contribution in [3.8, 4) is 0 Å². The van der Waals surface area contributed by atoms with Gasteiger partial charge in [-0.1, -0.05) is 25.7 Å². The zero-order valence-electron chi connectivity index (χ0n) is 8.18. The number of rotatable bonds is 3. The standard InChI is InChI=1S/C10H16F2O2/c11-9(12)10(13)14-7-8-5-3-1-2-4-6-8/h8-9H,1-7H2. The summed E-state index contributed by atoms with van der Waals surface area (Å²) in [5.41, 5.74) is 0. The first-order valence-electron chi connectivity index (χ1n) is 5.15. The summed E-state index contributed by atoms with van der Waals surface area (Å²) in [6, 6.07) is 0. The van der Waals surface area contributed by atoms with Gasteiger partial charge in [-0.05, 0) is 18.8 Å². The lowest BCUT2D eigenvalue weighted by Crippen LogP contribution is -2.19. The Hall–Kier alpha value is -0.670. The smallest absolute Gasteiger partial charge is 0.373 e. The van der Waals surface area contributed by atoms with Gasteiger partial charge in [-0.2, -0.15) is 8.78 Å². The SMILES string of the molecule is O=C(OCC1CCCCCC1)C(F)F. The highest BCUT2D eigenvalue weighted by Gasteiger charge is 2.19. The number of esters is 1. The highest BCUT2D eigenvalue weighted by atomic mass is 19.3. The molecular formula is C10H16F2O2. The fraction of sp³-hybridized carbons (Fsp3) is 0.900. The third kappa shape index (κ3) is 4.03. The second kappa shape index (κ2) is 5.94. The molecule has 0 aliphatic heterocycles. The average molecular weight is 206 g/mol. The molecule has 0 N–H and O–H groups in total. The van der Waals surface area contributed by atoms with Crippen LogP contribution >= 0.6 is 0 Å². The van der Waals surface area contributed by atoms with Crippen LogP contribution in [-0.4, -0.2) is 19.0 Å². The molecule has 14 heavy (non-hydrogen) atoms. The van der Waals surface area contributed by atoms with Crippen LogP contribution in [0.15, 0.2) is 0 Å². The first-order valence-corrected chi connectivity index (χ1v) is 5.15. The molecule has 0 bridgehead atoms. The summed E-state index contributed by atoms with van der Waals surface area (Å²) in [4.78, 5) is 10.5. The monoisotopic (exact) mass is 206 g/mol. The van der Waals surface area contributed by atoms with Gasteiger partial charge in [0.25, 0.3) is 0 Å². The number of ether oxygens (including phenoxy) is 1. The molecule has 2 nitrogen and oxygen atoms in total. The Bertz CT molecular complexity index is 175. The van der Waals surface area contributed by atoms with Gasteiger partial charge in [-0.3, -0.25) is 0 Å². The van der Waals surface area contributed by atoms with Crippen molar-refractivity contribution in [1.29, 1.82) is 0 Å². The summed E-state index contributed by atoms with van der Waals surface area (Å²) in [5.74, 6) is -1.09. The van der Waals surface area contributed by atoms with E-state index in [1.54, 1.807) is 0 Å². The summed E-state index contributed by atoms with van der Waals surface area (Å²) in [6.45, 7) is 0.170. The van der Waals surface area contributed by atoms with E-state index >= 15 is 0 Å². The van der Waals surface area contributed by atoms with Gasteiger partial charge in [-0.15, -0.1) is 0 Å². The van der Waals surface area contributed by atoms with Gasteiger partial charge in [0.2, 0.25) is 0 Å². The molecule has 0 atom stereocenters. The summed E-state index contributed by atoms with van der Waals surface area (Å²) in [6.07, 6.45) is 3.67. The van der Waals surface area contributed by atoms with E-state index in [9.17, 15) is 13.6 Å². The zero-order valence-corrected chi connectivity index (χ0v) is 8.18. The number of hydrogen-bond acceptors (Lipinski definition) is 2. The quantitative estimate of drug-likeness (QED) is 0.524. The van der Waals surface area contributed by atoms with Gasteiger partial charge < -0.3 is 4.74 Å². The Morgan fingerprint density at radius 2 is 1.79 bits per heavy atom. The van der Waals surface area contributed by atoms with Gasteiger partial charge >= 0.3 is 12.4 Å². The summed E-state index contributed by atoms with van der Waals surface area (Å²) >= 11 is 0. The molecule has 0 aromatic rings. The van der Waals surface area contributed by atoms with E-state index in [1.807, 2.05) is 0 Å². The highest BCUT2D eigenvalue weighted by Crippen LogP contribution is 2.23. The van der Waals surface area contributed by atoms with Crippen LogP contribution in [0.2, 0.25) is 0 Å². The molecule has 0 spiro atoms. The average Bonchev–Trinajstić information content (AvgIpc) is 2.42. The number of alkyl halides is 2. The van der Waals surface area contributed by atoms with Gasteiger partial charge in [0.05, 0.1) is 6.61 Å². The fourth-order valence-electron chi connectivity index (χ4n) is 1.79. The molecule has 0 aromatic carbocycles. The van der Waals surface area contributed by atoms with E-state index in [0.717, 1.165) is 25.7 Å². The molecule has 1 rings (SSSR count). The van der Waals surface area contributed by atoms with Gasteiger partial charge in [0, 0.05) is 0 Å². The second-order valence-corrected chi connectivity index (χ2v) is 3.79. The van der Waals surface area contributed by atoms with Crippen molar-refractivity contribution in [2.45, 2.75) is 45.0 Å². The molecule has 0 unspecified atom stereocenters. The molecular weight excluding hydrogens is 190 g/mol. The molecule has 0 aromatic heterocycles. The molecule has 1 aliphatic rings. The number of hydrogen-bond donors (Lipinski definition) is 0. The van der Waals surface area contributed by atoms with Crippen LogP contribution in [-0.2, 0) is 9.53 Å². The number of halogens is 2. The second-order valence-electron chi connectivity index (χ2n) is 3.79. The maximum atomic E-state index is 11.8. The first-order chi connectivity index (χ1) is 6.70. The maximum absolute atomic E-state index is 11.8. The van der Waals surface area contributed by atoms with E-state index in [4.69, 9.17) is 0 Å². The molecule has 1 aliphatic carbocycles. The van der Waals surface area contributed by atoms with E-state index in [-0.39, 0.29) is 6.61 Å². The van der Waals surface area contributed by atoms with E-state index in [1.165, 1.54) is 12.8 Å². The van der Waals surface area contributed by atoms with Crippen molar-refractivity contribution in [3.63, 3.8) is 0 Å². The van der Waals surface area contributed by atoms with Crippen molar-refractivity contribution < 1.29 is 18.3 Å². The lowest BCUT2D eigenvalue weighted by Gasteiger charge is -2.13. The van der Waals surface area contributed by atoms with Crippen LogP contribution in [0.25, 0.3) is 0 Å². The molecule has 0 amide bonds. The van der Waals surface area contributed by atoms with Crippen LogP contribution in [0, 0.1) is 5.92 Å². The van der Waals surface area contributed by atoms with E-state index in [2.05, 4.69) is 4.74 Å². The molecule has 1 fully saturated rings. The third-order valence-corrected chi connectivity index (χ3v) is 2.61. The van der Waals surface area contributed by atoms with Gasteiger partial charge in [-0.25, -0.2) is 4.79 Å². The molecule has 1 saturated carbocycles. The lowest BCUT2D eigenvalue weighted by molar-refractivity contribution is -0.157. The van der Waals surface area contributed by atoms with Gasteiger partial charge in [0.15, 0.2) is 0 Å². The largest absolute Gasteiger partial charge is 0.461 e. The van der Waals surface area contributed by atoms with Crippen LogP contribution in [0.4, 0.5) is 8.78 Å². The summed E-state index contributed by atoms with van der Waals surface area (Å²) in [7, 11) is 0. The minimum Gasteiger partial charge on any atom is -0.461 e. The van der Waals surface area contributed by atoms with Crippen LogP contribution in [0.1, 0.15) is 38.5 Å². The molecule has 4 heteroatoms. The summed E-state index contributed by atoms with van der Waals surface area (Å²) < 4.78 is 28.1. The Balaban J connectivity index is 2.19. The predicted molar refractivity (Wildman–Crippen MR) is 48.2 cm³/mol. The third-order valence-electron chi connectivity index (χ3n) is 2.61. The lowest BCUT2D eigenvalue weighted by atomic mass is 10.0. The number of carbonyl (C=O) groups is 1. The minimum atomic E-state index is -2.99. The highest BCUT2D eigenvalue weighted by molar-refractivity contribution is 5.72. The van der Waals surface area contributed by atoms with Crippen molar-refractivity contribution in [3.05, 3.63) is 0 Å². The summed E-state index contributed by atoms with van der Waals surface area (Å²) in [5, 5.41) is 0. The van der Waals surface area contributed by atoms with Crippen molar-refractivity contribution in [1.82, 2.24) is 0 Å². The molecule has 0 heterocycles. The van der Waals surface area contributed by atoms with Crippen molar-refractivity contribution in [2.75, 3.05) is 6.61 Å². The molecule has 0 saturated heterocycles. The van der Waals surface area contributed by atoms with E-state index in [0.29, 0.717) is 5.92 Å². The zero-order chi connectivity index (χ0) is 10.4. The van der Waals surface area contributed by atoms with Crippen LogP contribution in [0.5, 0.6) is 0 Å². The van der Waals surface area contributed by atoms with E-state index < -0.39 is 12.4 Å². The molecule has 82 valence electrons. The minimum absolute atomic E-state index is 0.170. The first kappa shape index (κ1) is 11.4. The topological polar surface area (TPSA) is 26.3 Å². The Labute approximate surface area is 82.6 Å². The van der Waals surface area contributed by atoms with Crippen molar-refractivity contribution >= 4 is 5.97 Å². The number of carbonyl (C=O) groups excluding carboxylic acids is 1. The Kier molecular flexibility index (Phi) is 4.84.